The Balaban J connectivity index is 1.57. The summed E-state index contributed by atoms with van der Waals surface area (Å²) in [6.45, 7) is 1.78. The zero-order valence-corrected chi connectivity index (χ0v) is 16.1. The maximum atomic E-state index is 12.3. The summed E-state index contributed by atoms with van der Waals surface area (Å²) in [7, 11) is 0. The Labute approximate surface area is 165 Å². The van der Waals surface area contributed by atoms with Crippen LogP contribution in [0.3, 0.4) is 0 Å². The number of benzene rings is 2. The minimum atomic E-state index is -0.0641. The zero-order chi connectivity index (χ0) is 19.2. The molecule has 6 nitrogen and oxygen atoms in total. The van der Waals surface area contributed by atoms with E-state index in [1.807, 2.05) is 12.1 Å². The number of rotatable bonds is 7. The molecule has 0 bridgehead atoms. The molecule has 2 N–H and O–H groups in total. The highest BCUT2D eigenvalue weighted by atomic mass is 35.5. The molecule has 0 spiro atoms. The van der Waals surface area contributed by atoms with Crippen LogP contribution < -0.4 is 5.32 Å². The SMILES string of the molecule is CCC(=O)Nc1ccc(C(=O)CSc2n[nH]c(-c3ccc(Cl)cc3)n2)cc1. The molecule has 0 saturated carbocycles. The fourth-order valence-electron chi connectivity index (χ4n) is 2.25. The minimum Gasteiger partial charge on any atom is -0.326 e. The summed E-state index contributed by atoms with van der Waals surface area (Å²) in [5.74, 6) is 0.744. The second-order valence-corrected chi connectivity index (χ2v) is 7.04. The lowest BCUT2D eigenvalue weighted by Crippen LogP contribution is -2.09. The number of hydrogen-bond acceptors (Lipinski definition) is 5. The fraction of sp³-hybridized carbons (Fsp3) is 0.158. The van der Waals surface area contributed by atoms with Gasteiger partial charge in [-0.1, -0.05) is 30.3 Å². The number of carbonyl (C=O) groups excluding carboxylic acids is 2. The normalized spacial score (nSPS) is 10.6. The molecule has 0 unspecified atom stereocenters. The van der Waals surface area contributed by atoms with Gasteiger partial charge in [0.15, 0.2) is 11.6 Å². The van der Waals surface area contributed by atoms with Crippen molar-refractivity contribution in [1.82, 2.24) is 15.2 Å². The van der Waals surface area contributed by atoms with Crippen LogP contribution in [0.5, 0.6) is 0 Å². The lowest BCUT2D eigenvalue weighted by Gasteiger charge is -2.04. The quantitative estimate of drug-likeness (QED) is 0.452. The first-order valence-electron chi connectivity index (χ1n) is 8.29. The molecule has 1 amide bonds. The van der Waals surface area contributed by atoms with E-state index in [9.17, 15) is 9.59 Å². The molecule has 0 atom stereocenters. The van der Waals surface area contributed by atoms with E-state index in [-0.39, 0.29) is 17.4 Å². The van der Waals surface area contributed by atoms with E-state index in [0.29, 0.717) is 33.7 Å². The molecule has 0 fully saturated rings. The highest BCUT2D eigenvalue weighted by molar-refractivity contribution is 7.99. The molecule has 0 aliphatic carbocycles. The third-order valence-corrected chi connectivity index (χ3v) is 4.83. The Morgan fingerprint density at radius 2 is 1.81 bits per heavy atom. The van der Waals surface area contributed by atoms with Gasteiger partial charge in [-0.2, -0.15) is 0 Å². The minimum absolute atomic E-state index is 0.0359. The number of Topliss-reactive ketones (excluding diaryl/α,β-unsaturated/α-hetero) is 1. The summed E-state index contributed by atoms with van der Waals surface area (Å²) in [5, 5.41) is 10.9. The average Bonchev–Trinajstić information content (AvgIpc) is 3.16. The first-order chi connectivity index (χ1) is 13.0. The third-order valence-electron chi connectivity index (χ3n) is 3.73. The standard InChI is InChI=1S/C19H17ClN4O2S/c1-2-17(26)21-15-9-5-12(6-10-15)16(25)11-27-19-22-18(23-24-19)13-3-7-14(20)8-4-13/h3-10H,2,11H2,1H3,(H,21,26)(H,22,23,24). The van der Waals surface area contributed by atoms with Gasteiger partial charge in [-0.15, -0.1) is 5.10 Å². The van der Waals surface area contributed by atoms with E-state index in [4.69, 9.17) is 11.6 Å². The van der Waals surface area contributed by atoms with Crippen molar-refractivity contribution in [1.29, 1.82) is 0 Å². The predicted octanol–water partition coefficient (Wildman–Crippen LogP) is 4.45. The van der Waals surface area contributed by atoms with Gasteiger partial charge in [0, 0.05) is 28.3 Å². The van der Waals surface area contributed by atoms with Crippen molar-refractivity contribution >= 4 is 40.7 Å². The van der Waals surface area contributed by atoms with Gasteiger partial charge in [-0.3, -0.25) is 14.7 Å². The number of amides is 1. The Morgan fingerprint density at radius 1 is 1.11 bits per heavy atom. The van der Waals surface area contributed by atoms with Crippen LogP contribution in [0.15, 0.2) is 53.7 Å². The number of H-pyrrole nitrogens is 1. The number of ketones is 1. The third kappa shape index (κ3) is 5.18. The summed E-state index contributed by atoms with van der Waals surface area (Å²) in [6.07, 6.45) is 0.409. The van der Waals surface area contributed by atoms with E-state index < -0.39 is 0 Å². The van der Waals surface area contributed by atoms with Crippen molar-refractivity contribution in [3.05, 3.63) is 59.1 Å². The fourth-order valence-corrected chi connectivity index (χ4v) is 3.07. The highest BCUT2D eigenvalue weighted by Crippen LogP contribution is 2.22. The molecule has 3 aromatic rings. The van der Waals surface area contributed by atoms with Crippen LogP contribution in [0.25, 0.3) is 11.4 Å². The van der Waals surface area contributed by atoms with Gasteiger partial charge in [0.1, 0.15) is 0 Å². The molecule has 3 rings (SSSR count). The zero-order valence-electron chi connectivity index (χ0n) is 14.5. The number of carbonyl (C=O) groups is 2. The number of hydrogen-bond donors (Lipinski definition) is 2. The molecule has 1 aromatic heterocycles. The van der Waals surface area contributed by atoms with E-state index in [0.717, 1.165) is 5.56 Å². The average molecular weight is 401 g/mol. The van der Waals surface area contributed by atoms with Gasteiger partial charge in [0.05, 0.1) is 5.75 Å². The van der Waals surface area contributed by atoms with Crippen molar-refractivity contribution in [2.24, 2.45) is 0 Å². The molecule has 0 aliphatic heterocycles. The maximum Gasteiger partial charge on any atom is 0.224 e. The lowest BCUT2D eigenvalue weighted by atomic mass is 10.1. The van der Waals surface area contributed by atoms with E-state index in [1.165, 1.54) is 11.8 Å². The Bertz CT molecular complexity index is 939. The van der Waals surface area contributed by atoms with Gasteiger partial charge < -0.3 is 5.32 Å². The smallest absolute Gasteiger partial charge is 0.224 e. The van der Waals surface area contributed by atoms with Gasteiger partial charge in [0.25, 0.3) is 0 Å². The van der Waals surface area contributed by atoms with Crippen LogP contribution in [0.4, 0.5) is 5.69 Å². The molecule has 1 heterocycles. The molecule has 138 valence electrons. The molecule has 2 aromatic carbocycles. The van der Waals surface area contributed by atoms with Crippen LogP contribution in [0.1, 0.15) is 23.7 Å². The van der Waals surface area contributed by atoms with Crippen molar-refractivity contribution in [2.45, 2.75) is 18.5 Å². The second kappa shape index (κ2) is 8.83. The summed E-state index contributed by atoms with van der Waals surface area (Å²) < 4.78 is 0. The Hall–Kier alpha value is -2.64. The van der Waals surface area contributed by atoms with Gasteiger partial charge in [-0.05, 0) is 48.5 Å². The summed E-state index contributed by atoms with van der Waals surface area (Å²) in [4.78, 5) is 28.1. The van der Waals surface area contributed by atoms with Crippen LogP contribution in [-0.2, 0) is 4.79 Å². The van der Waals surface area contributed by atoms with Gasteiger partial charge >= 0.3 is 0 Å². The Kier molecular flexibility index (Phi) is 6.26. The number of aromatic amines is 1. The molecular weight excluding hydrogens is 384 g/mol. The maximum absolute atomic E-state index is 12.3. The van der Waals surface area contributed by atoms with Crippen molar-refractivity contribution < 1.29 is 9.59 Å². The number of halogens is 1. The summed E-state index contributed by atoms with van der Waals surface area (Å²) in [5.41, 5.74) is 2.12. The topological polar surface area (TPSA) is 87.7 Å². The molecular formula is C19H17ClN4O2S. The van der Waals surface area contributed by atoms with Gasteiger partial charge in [0.2, 0.25) is 11.1 Å². The molecule has 0 radical (unpaired) electrons. The number of aromatic nitrogens is 3. The number of anilines is 1. The summed E-state index contributed by atoms with van der Waals surface area (Å²) >= 11 is 7.14. The van der Waals surface area contributed by atoms with Crippen LogP contribution in [0, 0.1) is 0 Å². The van der Waals surface area contributed by atoms with Crippen LogP contribution in [0.2, 0.25) is 5.02 Å². The van der Waals surface area contributed by atoms with Gasteiger partial charge in [-0.25, -0.2) is 4.98 Å². The number of nitrogens with one attached hydrogen (secondary N) is 2. The number of thioether (sulfide) groups is 1. The largest absolute Gasteiger partial charge is 0.326 e. The molecule has 27 heavy (non-hydrogen) atoms. The van der Waals surface area contributed by atoms with E-state index >= 15 is 0 Å². The number of nitrogens with zero attached hydrogens (tertiary/aromatic N) is 2. The second-order valence-electron chi connectivity index (χ2n) is 5.66. The van der Waals surface area contributed by atoms with Crippen LogP contribution >= 0.6 is 23.4 Å². The van der Waals surface area contributed by atoms with Crippen molar-refractivity contribution in [2.75, 3.05) is 11.1 Å². The molecule has 8 heteroatoms. The Morgan fingerprint density at radius 3 is 2.48 bits per heavy atom. The highest BCUT2D eigenvalue weighted by Gasteiger charge is 2.11. The molecule has 0 aliphatic rings. The van der Waals surface area contributed by atoms with E-state index in [1.54, 1.807) is 43.3 Å². The molecule has 0 saturated heterocycles. The summed E-state index contributed by atoms with van der Waals surface area (Å²) in [6, 6.07) is 14.1. The van der Waals surface area contributed by atoms with E-state index in [2.05, 4.69) is 20.5 Å². The van der Waals surface area contributed by atoms with Crippen molar-refractivity contribution in [3.63, 3.8) is 0 Å². The first kappa shape index (κ1) is 19.1. The monoisotopic (exact) mass is 400 g/mol. The van der Waals surface area contributed by atoms with Crippen molar-refractivity contribution in [3.8, 4) is 11.4 Å². The predicted molar refractivity (Wildman–Crippen MR) is 107 cm³/mol. The van der Waals surface area contributed by atoms with Crippen LogP contribution in [-0.4, -0.2) is 32.6 Å². The first-order valence-corrected chi connectivity index (χ1v) is 9.65. The lowest BCUT2D eigenvalue weighted by molar-refractivity contribution is -0.115.